The molecule has 5 aliphatic rings. The molecule has 3 aliphatic carbocycles. The highest BCUT2D eigenvalue weighted by Crippen LogP contribution is 2.73. The molecular formula is C28H34O7. The molecule has 9 atom stereocenters. The van der Waals surface area contributed by atoms with E-state index in [-0.39, 0.29) is 54.1 Å². The van der Waals surface area contributed by atoms with E-state index in [0.717, 1.165) is 12.0 Å². The molecule has 0 amide bonds. The normalized spacial score (nSPS) is 45.7. The first-order valence-corrected chi connectivity index (χ1v) is 12.8. The van der Waals surface area contributed by atoms with Gasteiger partial charge in [-0.15, -0.1) is 0 Å². The molecule has 2 aliphatic heterocycles. The maximum Gasteiger partial charge on any atom is 0.312 e. The molecule has 7 heteroatoms. The van der Waals surface area contributed by atoms with E-state index >= 15 is 0 Å². The van der Waals surface area contributed by atoms with Crippen LogP contribution in [0, 0.1) is 28.1 Å². The van der Waals surface area contributed by atoms with Gasteiger partial charge in [0, 0.05) is 35.5 Å². The van der Waals surface area contributed by atoms with E-state index in [2.05, 4.69) is 13.8 Å². The van der Waals surface area contributed by atoms with Gasteiger partial charge in [-0.2, -0.15) is 0 Å². The largest absolute Gasteiger partial charge is 0.472 e. The van der Waals surface area contributed by atoms with E-state index in [1.807, 2.05) is 19.9 Å². The van der Waals surface area contributed by atoms with Crippen molar-refractivity contribution >= 4 is 17.7 Å². The Labute approximate surface area is 205 Å². The van der Waals surface area contributed by atoms with Gasteiger partial charge in [-0.3, -0.25) is 14.4 Å². The van der Waals surface area contributed by atoms with Crippen LogP contribution in [0.2, 0.25) is 0 Å². The van der Waals surface area contributed by atoms with Gasteiger partial charge in [0.15, 0.2) is 0 Å². The maximum atomic E-state index is 13.8. The van der Waals surface area contributed by atoms with Crippen LogP contribution in [-0.4, -0.2) is 43.1 Å². The summed E-state index contributed by atoms with van der Waals surface area (Å²) >= 11 is 0. The van der Waals surface area contributed by atoms with Gasteiger partial charge in [-0.05, 0) is 56.2 Å². The highest BCUT2D eigenvalue weighted by Gasteiger charge is 2.78. The number of esters is 2. The zero-order valence-corrected chi connectivity index (χ0v) is 21.1. The Morgan fingerprint density at radius 2 is 1.97 bits per heavy atom. The van der Waals surface area contributed by atoms with Crippen LogP contribution >= 0.6 is 0 Å². The van der Waals surface area contributed by atoms with Crippen molar-refractivity contribution in [3.63, 3.8) is 0 Å². The average molecular weight is 483 g/mol. The molecule has 0 radical (unpaired) electrons. The van der Waals surface area contributed by atoms with Gasteiger partial charge in [-0.1, -0.05) is 19.4 Å². The van der Waals surface area contributed by atoms with Gasteiger partial charge >= 0.3 is 11.9 Å². The first-order valence-electron chi connectivity index (χ1n) is 12.8. The van der Waals surface area contributed by atoms with Crippen molar-refractivity contribution in [2.24, 2.45) is 28.1 Å². The summed E-state index contributed by atoms with van der Waals surface area (Å²) in [5, 5.41) is 0. The molecule has 7 nitrogen and oxygen atoms in total. The Bertz CT molecular complexity index is 1130. The van der Waals surface area contributed by atoms with E-state index in [1.165, 1.54) is 18.3 Å². The summed E-state index contributed by atoms with van der Waals surface area (Å²) in [5.74, 6) is -0.608. The number of methoxy groups -OCH3 is 1. The van der Waals surface area contributed by atoms with Crippen LogP contribution in [0.5, 0.6) is 0 Å². The molecule has 35 heavy (non-hydrogen) atoms. The van der Waals surface area contributed by atoms with Crippen molar-refractivity contribution in [1.29, 1.82) is 0 Å². The Kier molecular flexibility index (Phi) is 4.81. The third-order valence-corrected chi connectivity index (χ3v) is 10.6. The standard InChI is InChI=1S/C28H34O7/c1-14-16(15-9-11-33-13-15)12-17-21(14)28(4)18(6-7-20(30)32-5)27(3)19(29)8-10-26(2)23(27)22(24(28)34-17)35-25(26)31/h9,11,13,16-18,22-24H,6-8,10,12H2,1-5H3/t16?,17?,18-,22-,23+,24-,26-,27+,28-/m1/s1. The van der Waals surface area contributed by atoms with Crippen LogP contribution in [0.15, 0.2) is 34.2 Å². The monoisotopic (exact) mass is 482 g/mol. The fraction of sp³-hybridized carbons (Fsp3) is 0.679. The summed E-state index contributed by atoms with van der Waals surface area (Å²) in [5.41, 5.74) is 1.50. The van der Waals surface area contributed by atoms with Crippen molar-refractivity contribution in [2.45, 2.75) is 84.0 Å². The molecular weight excluding hydrogens is 448 g/mol. The lowest BCUT2D eigenvalue weighted by atomic mass is 9.40. The van der Waals surface area contributed by atoms with E-state index in [0.29, 0.717) is 19.3 Å². The number of ether oxygens (including phenoxy) is 3. The first-order chi connectivity index (χ1) is 16.6. The predicted octanol–water partition coefficient (Wildman–Crippen LogP) is 4.36. The number of carbonyl (C=O) groups is 3. The number of hydrogen-bond donors (Lipinski definition) is 0. The van der Waals surface area contributed by atoms with Gasteiger partial charge < -0.3 is 18.6 Å². The molecule has 3 heterocycles. The van der Waals surface area contributed by atoms with Crippen LogP contribution in [0.1, 0.15) is 71.3 Å². The van der Waals surface area contributed by atoms with Crippen molar-refractivity contribution in [1.82, 2.24) is 0 Å². The van der Waals surface area contributed by atoms with Gasteiger partial charge in [-0.25, -0.2) is 0 Å². The van der Waals surface area contributed by atoms with E-state index in [9.17, 15) is 14.4 Å². The molecule has 0 N–H and O–H groups in total. The zero-order valence-electron chi connectivity index (χ0n) is 21.1. The number of ketones is 1. The lowest BCUT2D eigenvalue weighted by Crippen LogP contribution is -2.66. The number of rotatable bonds is 4. The average Bonchev–Trinajstić information content (AvgIpc) is 3.57. The molecule has 188 valence electrons. The summed E-state index contributed by atoms with van der Waals surface area (Å²) in [6.45, 7) is 8.33. The van der Waals surface area contributed by atoms with Crippen LogP contribution in [-0.2, 0) is 28.6 Å². The maximum absolute atomic E-state index is 13.8. The fourth-order valence-corrected chi connectivity index (χ4v) is 9.11. The summed E-state index contributed by atoms with van der Waals surface area (Å²) in [7, 11) is 1.39. The molecule has 1 aromatic rings. The summed E-state index contributed by atoms with van der Waals surface area (Å²) in [4.78, 5) is 39.4. The van der Waals surface area contributed by atoms with Crippen molar-refractivity contribution in [3.8, 4) is 0 Å². The third kappa shape index (κ3) is 2.68. The van der Waals surface area contributed by atoms with E-state index in [4.69, 9.17) is 18.6 Å². The molecule has 6 rings (SSSR count). The number of fused-ring (bicyclic) bond motifs is 4. The molecule has 2 saturated heterocycles. The quantitative estimate of drug-likeness (QED) is 0.465. The molecule has 2 saturated carbocycles. The van der Waals surface area contributed by atoms with Crippen LogP contribution < -0.4 is 0 Å². The topological polar surface area (TPSA) is 92.0 Å². The molecule has 0 spiro atoms. The van der Waals surface area contributed by atoms with Crippen molar-refractivity contribution < 1.29 is 33.0 Å². The number of carbonyl (C=O) groups excluding carboxylic acids is 3. The van der Waals surface area contributed by atoms with Crippen LogP contribution in [0.3, 0.4) is 0 Å². The number of furan rings is 1. The Morgan fingerprint density at radius 1 is 1.20 bits per heavy atom. The third-order valence-electron chi connectivity index (χ3n) is 10.6. The minimum Gasteiger partial charge on any atom is -0.472 e. The molecule has 1 aromatic heterocycles. The minimum absolute atomic E-state index is 0.116. The first kappa shape index (κ1) is 23.0. The predicted molar refractivity (Wildman–Crippen MR) is 124 cm³/mol. The second-order valence-electron chi connectivity index (χ2n) is 11.9. The minimum atomic E-state index is -0.803. The SMILES string of the molecule is COC(=O)CC[C@H]1[C@]2(C)C3=C(C)C(c4ccoc4)CC3O[C@@H]2[C@@H]2OC(=O)[C@]3(C)CCC(=O)[C@@]1(C)[C@@H]23. The smallest absolute Gasteiger partial charge is 0.312 e. The van der Waals surface area contributed by atoms with Gasteiger partial charge in [0.2, 0.25) is 0 Å². The van der Waals surface area contributed by atoms with Crippen LogP contribution in [0.25, 0.3) is 0 Å². The number of Topliss-reactive ketones (excluding diaryl/α,β-unsaturated/α-hetero) is 1. The molecule has 0 aromatic carbocycles. The second kappa shape index (κ2) is 7.31. The Balaban J connectivity index is 1.53. The lowest BCUT2D eigenvalue weighted by Gasteiger charge is -2.60. The van der Waals surface area contributed by atoms with E-state index < -0.39 is 22.3 Å². The summed E-state index contributed by atoms with van der Waals surface area (Å²) < 4.78 is 23.3. The fourth-order valence-electron chi connectivity index (χ4n) is 9.11. The van der Waals surface area contributed by atoms with Crippen LogP contribution in [0.4, 0.5) is 0 Å². The Morgan fingerprint density at radius 3 is 2.66 bits per heavy atom. The highest BCUT2D eigenvalue weighted by molar-refractivity contribution is 5.92. The number of hydrogen-bond acceptors (Lipinski definition) is 7. The van der Waals surface area contributed by atoms with Gasteiger partial charge in [0.1, 0.15) is 18.0 Å². The summed E-state index contributed by atoms with van der Waals surface area (Å²) in [6, 6.07) is 2.00. The molecule has 2 unspecified atom stereocenters. The molecule has 0 bridgehead atoms. The van der Waals surface area contributed by atoms with Gasteiger partial charge in [0.05, 0.1) is 31.2 Å². The van der Waals surface area contributed by atoms with Crippen molar-refractivity contribution in [2.75, 3.05) is 7.11 Å². The highest BCUT2D eigenvalue weighted by atomic mass is 16.6. The second-order valence-corrected chi connectivity index (χ2v) is 11.9. The Hall–Kier alpha value is -2.41. The molecule has 4 fully saturated rings. The van der Waals surface area contributed by atoms with E-state index in [1.54, 1.807) is 12.5 Å². The lowest BCUT2D eigenvalue weighted by molar-refractivity contribution is -0.195. The zero-order chi connectivity index (χ0) is 24.9. The summed E-state index contributed by atoms with van der Waals surface area (Å²) in [6.07, 6.45) is 4.91. The van der Waals surface area contributed by atoms with Crippen molar-refractivity contribution in [3.05, 3.63) is 35.3 Å². The van der Waals surface area contributed by atoms with Gasteiger partial charge in [0.25, 0.3) is 0 Å². The number of allylic oxidation sites excluding steroid dienone is 1.